The Bertz CT molecular complexity index is 255. The number of carbonyl (C=O) groups is 2. The molecule has 1 amide bonds. The fourth-order valence-electron chi connectivity index (χ4n) is 1.84. The van der Waals surface area contributed by atoms with Crippen LogP contribution in [0.5, 0.6) is 0 Å². The molecule has 1 aliphatic heterocycles. The molecule has 0 aliphatic carbocycles. The van der Waals surface area contributed by atoms with E-state index in [1.807, 2.05) is 6.92 Å². The first-order valence-electron chi connectivity index (χ1n) is 5.30. The molecular formula is C10H18N2O3. The van der Waals surface area contributed by atoms with Crippen molar-refractivity contribution in [2.75, 3.05) is 6.54 Å². The van der Waals surface area contributed by atoms with Gasteiger partial charge in [-0.25, -0.2) is 0 Å². The second-order valence-corrected chi connectivity index (χ2v) is 4.06. The molecule has 0 bridgehead atoms. The molecule has 1 heterocycles. The Morgan fingerprint density at radius 1 is 1.73 bits per heavy atom. The van der Waals surface area contributed by atoms with E-state index in [0.717, 1.165) is 12.8 Å². The summed E-state index contributed by atoms with van der Waals surface area (Å²) < 4.78 is 0. The second kappa shape index (κ2) is 5.11. The van der Waals surface area contributed by atoms with E-state index in [0.29, 0.717) is 19.4 Å². The normalized spacial score (nSPS) is 24.0. The zero-order valence-corrected chi connectivity index (χ0v) is 8.98. The van der Waals surface area contributed by atoms with Crippen molar-refractivity contribution in [2.45, 2.75) is 44.7 Å². The van der Waals surface area contributed by atoms with Gasteiger partial charge in [0.2, 0.25) is 5.91 Å². The van der Waals surface area contributed by atoms with Crippen LogP contribution < -0.4 is 5.73 Å². The van der Waals surface area contributed by atoms with Gasteiger partial charge in [-0.1, -0.05) is 0 Å². The monoisotopic (exact) mass is 214 g/mol. The molecule has 1 saturated heterocycles. The van der Waals surface area contributed by atoms with Crippen molar-refractivity contribution >= 4 is 11.9 Å². The number of carboxylic acid groups (broad SMARTS) is 1. The van der Waals surface area contributed by atoms with E-state index in [4.69, 9.17) is 10.8 Å². The van der Waals surface area contributed by atoms with Crippen molar-refractivity contribution < 1.29 is 14.7 Å². The minimum absolute atomic E-state index is 0.117. The minimum atomic E-state index is -1.01. The van der Waals surface area contributed by atoms with Crippen molar-refractivity contribution in [1.82, 2.24) is 4.90 Å². The van der Waals surface area contributed by atoms with E-state index in [9.17, 15) is 9.59 Å². The van der Waals surface area contributed by atoms with Crippen LogP contribution in [0, 0.1) is 0 Å². The topological polar surface area (TPSA) is 83.6 Å². The molecule has 0 aromatic carbocycles. The predicted octanol–water partition coefficient (Wildman–Crippen LogP) is 0.189. The predicted molar refractivity (Wildman–Crippen MR) is 55.3 cm³/mol. The molecule has 3 N–H and O–H groups in total. The zero-order chi connectivity index (χ0) is 11.4. The van der Waals surface area contributed by atoms with Crippen LogP contribution in [0.25, 0.3) is 0 Å². The van der Waals surface area contributed by atoms with Gasteiger partial charge in [-0.05, 0) is 26.2 Å². The lowest BCUT2D eigenvalue weighted by atomic mass is 10.0. The maximum atomic E-state index is 11.5. The Kier molecular flexibility index (Phi) is 4.08. The summed E-state index contributed by atoms with van der Waals surface area (Å²) in [5, 5.41) is 8.61. The molecule has 5 nitrogen and oxygen atoms in total. The molecule has 5 heteroatoms. The van der Waals surface area contributed by atoms with Crippen molar-refractivity contribution in [2.24, 2.45) is 5.73 Å². The lowest BCUT2D eigenvalue weighted by molar-refractivity contribution is -0.140. The number of piperidine rings is 1. The molecule has 0 aromatic heterocycles. The largest absolute Gasteiger partial charge is 0.480 e. The Morgan fingerprint density at radius 3 is 2.93 bits per heavy atom. The number of hydrogen-bond donors (Lipinski definition) is 2. The average molecular weight is 214 g/mol. The van der Waals surface area contributed by atoms with Crippen molar-refractivity contribution in [3.63, 3.8) is 0 Å². The van der Waals surface area contributed by atoms with Crippen LogP contribution in [0.15, 0.2) is 0 Å². The maximum Gasteiger partial charge on any atom is 0.320 e. The number of aliphatic carboxylic acids is 1. The van der Waals surface area contributed by atoms with Crippen LogP contribution >= 0.6 is 0 Å². The van der Waals surface area contributed by atoms with Gasteiger partial charge in [-0.2, -0.15) is 0 Å². The van der Waals surface area contributed by atoms with Gasteiger partial charge < -0.3 is 15.7 Å². The summed E-state index contributed by atoms with van der Waals surface area (Å²) >= 11 is 0. The van der Waals surface area contributed by atoms with Crippen molar-refractivity contribution in [3.8, 4) is 0 Å². The highest BCUT2D eigenvalue weighted by atomic mass is 16.4. The summed E-state index contributed by atoms with van der Waals surface area (Å²) in [6, 6.07) is -0.654. The highest BCUT2D eigenvalue weighted by Gasteiger charge is 2.25. The van der Waals surface area contributed by atoms with Crippen LogP contribution in [-0.2, 0) is 9.59 Å². The number of nitrogens with zero attached hydrogens (tertiary/aromatic N) is 1. The van der Waals surface area contributed by atoms with Gasteiger partial charge in [-0.3, -0.25) is 9.59 Å². The third kappa shape index (κ3) is 3.20. The SMILES string of the molecule is CC1CCCC(=O)N1CCC(N)C(=O)O. The molecule has 0 radical (unpaired) electrons. The van der Waals surface area contributed by atoms with E-state index < -0.39 is 12.0 Å². The van der Waals surface area contributed by atoms with Crippen LogP contribution in [0.2, 0.25) is 0 Å². The Balaban J connectivity index is 2.42. The van der Waals surface area contributed by atoms with E-state index in [-0.39, 0.29) is 11.9 Å². The van der Waals surface area contributed by atoms with Crippen molar-refractivity contribution in [1.29, 1.82) is 0 Å². The van der Waals surface area contributed by atoms with Gasteiger partial charge in [-0.15, -0.1) is 0 Å². The summed E-state index contributed by atoms with van der Waals surface area (Å²) in [5.41, 5.74) is 5.39. The highest BCUT2D eigenvalue weighted by molar-refractivity contribution is 5.77. The van der Waals surface area contributed by atoms with E-state index in [2.05, 4.69) is 0 Å². The average Bonchev–Trinajstić information content (AvgIpc) is 2.16. The molecule has 15 heavy (non-hydrogen) atoms. The Hall–Kier alpha value is -1.10. The lowest BCUT2D eigenvalue weighted by Crippen LogP contribution is -2.44. The second-order valence-electron chi connectivity index (χ2n) is 4.06. The molecule has 86 valence electrons. The van der Waals surface area contributed by atoms with E-state index in [1.54, 1.807) is 4.90 Å². The molecule has 2 unspecified atom stereocenters. The van der Waals surface area contributed by atoms with Crippen LogP contribution in [0.3, 0.4) is 0 Å². The quantitative estimate of drug-likeness (QED) is 0.699. The minimum Gasteiger partial charge on any atom is -0.480 e. The first-order chi connectivity index (χ1) is 7.02. The third-order valence-corrected chi connectivity index (χ3v) is 2.86. The molecule has 1 fully saturated rings. The fraction of sp³-hybridized carbons (Fsp3) is 0.800. The van der Waals surface area contributed by atoms with E-state index in [1.165, 1.54) is 0 Å². The molecule has 1 rings (SSSR count). The summed E-state index contributed by atoms with van der Waals surface area (Å²) in [4.78, 5) is 23.8. The third-order valence-electron chi connectivity index (χ3n) is 2.86. The molecule has 0 aromatic rings. The molecular weight excluding hydrogens is 196 g/mol. The van der Waals surface area contributed by atoms with Gasteiger partial charge in [0.25, 0.3) is 0 Å². The van der Waals surface area contributed by atoms with Crippen molar-refractivity contribution in [3.05, 3.63) is 0 Å². The highest BCUT2D eigenvalue weighted by Crippen LogP contribution is 2.17. The fourth-order valence-corrected chi connectivity index (χ4v) is 1.84. The first kappa shape index (κ1) is 12.0. The number of nitrogens with two attached hydrogens (primary N) is 1. The summed E-state index contributed by atoms with van der Waals surface area (Å²) in [7, 11) is 0. The molecule has 0 saturated carbocycles. The first-order valence-corrected chi connectivity index (χ1v) is 5.30. The Morgan fingerprint density at radius 2 is 2.40 bits per heavy atom. The van der Waals surface area contributed by atoms with Gasteiger partial charge in [0.05, 0.1) is 0 Å². The lowest BCUT2D eigenvalue weighted by Gasteiger charge is -2.33. The Labute approximate surface area is 89.2 Å². The van der Waals surface area contributed by atoms with Gasteiger partial charge in [0, 0.05) is 19.0 Å². The van der Waals surface area contributed by atoms with Crippen LogP contribution in [-0.4, -0.2) is 40.5 Å². The molecule has 2 atom stereocenters. The molecule has 1 aliphatic rings. The number of amides is 1. The number of carbonyl (C=O) groups excluding carboxylic acids is 1. The maximum absolute atomic E-state index is 11.5. The molecule has 0 spiro atoms. The smallest absolute Gasteiger partial charge is 0.320 e. The van der Waals surface area contributed by atoms with E-state index >= 15 is 0 Å². The van der Waals surface area contributed by atoms with Crippen LogP contribution in [0.4, 0.5) is 0 Å². The van der Waals surface area contributed by atoms with Gasteiger partial charge in [0.1, 0.15) is 6.04 Å². The summed E-state index contributed by atoms with van der Waals surface area (Å²) in [6.07, 6.45) is 2.83. The summed E-state index contributed by atoms with van der Waals surface area (Å²) in [6.45, 7) is 2.44. The zero-order valence-electron chi connectivity index (χ0n) is 8.98. The van der Waals surface area contributed by atoms with Gasteiger partial charge >= 0.3 is 5.97 Å². The standard InChI is InChI=1S/C10H18N2O3/c1-7-3-2-4-9(13)12(7)6-5-8(11)10(14)15/h7-8H,2-6,11H2,1H3,(H,14,15). The number of rotatable bonds is 4. The van der Waals surface area contributed by atoms with Gasteiger partial charge in [0.15, 0.2) is 0 Å². The van der Waals surface area contributed by atoms with Crippen LogP contribution in [0.1, 0.15) is 32.6 Å². The summed E-state index contributed by atoms with van der Waals surface area (Å²) in [5.74, 6) is -0.890. The number of hydrogen-bond acceptors (Lipinski definition) is 3. The number of likely N-dealkylation sites (tertiary alicyclic amines) is 1. The number of carboxylic acids is 1.